The van der Waals surface area contributed by atoms with Gasteiger partial charge in [0.2, 0.25) is 0 Å². The average Bonchev–Trinajstić information content (AvgIpc) is 2.68. The summed E-state index contributed by atoms with van der Waals surface area (Å²) in [6.07, 6.45) is 0.319. The fourth-order valence-electron chi connectivity index (χ4n) is 2.42. The van der Waals surface area contributed by atoms with Crippen molar-refractivity contribution in [1.82, 2.24) is 0 Å². The molecule has 0 amide bonds. The molecule has 2 aromatic carbocycles. The van der Waals surface area contributed by atoms with E-state index >= 15 is 0 Å². The van der Waals surface area contributed by atoms with Gasteiger partial charge in [0.25, 0.3) is 0 Å². The number of ketones is 1. The van der Waals surface area contributed by atoms with E-state index in [0.29, 0.717) is 6.42 Å². The van der Waals surface area contributed by atoms with Gasteiger partial charge in [-0.05, 0) is 30.2 Å². The quantitative estimate of drug-likeness (QED) is 0.499. The number of Topliss-reactive ketones (excluding diaryl/α,β-unsaturated/α-hetero) is 1. The Hall–Kier alpha value is -1.20. The second-order valence-corrected chi connectivity index (χ2v) is 7.55. The average molecular weight is 420 g/mol. The van der Waals surface area contributed by atoms with Crippen LogP contribution in [-0.2, 0) is 21.6 Å². The topological polar surface area (TPSA) is 129 Å². The van der Waals surface area contributed by atoms with Gasteiger partial charge in [0.1, 0.15) is 0 Å². The molecule has 0 fully saturated rings. The van der Waals surface area contributed by atoms with Crippen molar-refractivity contribution in [2.24, 2.45) is 0 Å². The van der Waals surface area contributed by atoms with Crippen LogP contribution in [0.2, 0.25) is 0 Å². The Balaban J connectivity index is 0.000000542. The number of hydrogen-bond acceptors (Lipinski definition) is 5. The van der Waals surface area contributed by atoms with Crippen LogP contribution < -0.4 is 0 Å². The van der Waals surface area contributed by atoms with Crippen LogP contribution in [0.25, 0.3) is 0 Å². The van der Waals surface area contributed by atoms with Gasteiger partial charge < -0.3 is 5.11 Å². The summed E-state index contributed by atoms with van der Waals surface area (Å²) < 4.78 is 31.6. The summed E-state index contributed by atoms with van der Waals surface area (Å²) >= 11 is 1.57. The molecule has 1 heterocycles. The first-order chi connectivity index (χ1) is 12.1. The summed E-state index contributed by atoms with van der Waals surface area (Å²) in [5.74, 6) is -1.34. The Labute approximate surface area is 183 Å². The molecule has 3 N–H and O–H groups in total. The molecular weight excluding hydrogens is 403 g/mol. The van der Waals surface area contributed by atoms with E-state index in [0.717, 1.165) is 26.5 Å². The van der Waals surface area contributed by atoms with Crippen molar-refractivity contribution in [2.75, 3.05) is 0 Å². The summed E-state index contributed by atoms with van der Waals surface area (Å²) in [4.78, 5) is 25.4. The van der Waals surface area contributed by atoms with Crippen LogP contribution in [0.4, 0.5) is 0 Å². The molecule has 2 aromatic rings. The fourth-order valence-corrected chi connectivity index (χ4v) is 3.50. The van der Waals surface area contributed by atoms with Crippen LogP contribution >= 0.6 is 11.8 Å². The Kier molecular flexibility index (Phi) is 8.68. The first-order valence-corrected chi connectivity index (χ1v) is 9.63. The van der Waals surface area contributed by atoms with E-state index in [1.165, 1.54) is 0 Å². The van der Waals surface area contributed by atoms with Crippen LogP contribution in [0.15, 0.2) is 52.3 Å². The molecule has 7 nitrogen and oxygen atoms in total. The summed E-state index contributed by atoms with van der Waals surface area (Å²) in [5.41, 5.74) is 2.39. The molecule has 0 saturated heterocycles. The molecule has 10 heteroatoms. The van der Waals surface area contributed by atoms with Gasteiger partial charge >= 0.3 is 45.9 Å². The number of hydrogen-bond donors (Lipinski definition) is 3. The molecule has 1 aliphatic rings. The zero-order valence-electron chi connectivity index (χ0n) is 13.6. The number of aliphatic carboxylic acids is 1. The molecule has 0 spiro atoms. The third-order valence-electron chi connectivity index (χ3n) is 3.71. The fraction of sp³-hybridized carbons (Fsp3) is 0.176. The molecule has 1 atom stereocenters. The summed E-state index contributed by atoms with van der Waals surface area (Å²) in [7, 11) is -4.67. The van der Waals surface area contributed by atoms with E-state index in [-0.39, 0.29) is 35.3 Å². The van der Waals surface area contributed by atoms with Crippen molar-refractivity contribution in [3.05, 3.63) is 59.2 Å². The van der Waals surface area contributed by atoms with Gasteiger partial charge in [-0.2, -0.15) is 8.42 Å². The molecule has 0 saturated carbocycles. The van der Waals surface area contributed by atoms with Crippen molar-refractivity contribution < 1.29 is 32.2 Å². The van der Waals surface area contributed by atoms with Crippen molar-refractivity contribution >= 4 is 63.5 Å². The second kappa shape index (κ2) is 9.83. The molecule has 0 bridgehead atoms. The maximum absolute atomic E-state index is 12.4. The minimum atomic E-state index is -4.67. The summed E-state index contributed by atoms with van der Waals surface area (Å²) in [5, 5.41) is 9.12. The number of fused-ring (bicyclic) bond motifs is 2. The van der Waals surface area contributed by atoms with E-state index in [1.807, 2.05) is 42.5 Å². The van der Waals surface area contributed by atoms with Crippen LogP contribution in [0.1, 0.15) is 34.3 Å². The van der Waals surface area contributed by atoms with Gasteiger partial charge in [0, 0.05) is 21.8 Å². The van der Waals surface area contributed by atoms with Crippen LogP contribution in [0.5, 0.6) is 0 Å². The minimum absolute atomic E-state index is 0. The van der Waals surface area contributed by atoms with Crippen molar-refractivity contribution in [3.8, 4) is 0 Å². The van der Waals surface area contributed by atoms with Gasteiger partial charge in [0.05, 0.1) is 5.92 Å². The monoisotopic (exact) mass is 420 g/mol. The number of carbonyl (C=O) groups excluding carboxylic acids is 1. The zero-order valence-corrected chi connectivity index (χ0v) is 15.3. The van der Waals surface area contributed by atoms with Gasteiger partial charge in [-0.25, -0.2) is 0 Å². The zero-order chi connectivity index (χ0) is 19.5. The summed E-state index contributed by atoms with van der Waals surface area (Å²) in [6, 6.07) is 13.2. The van der Waals surface area contributed by atoms with Gasteiger partial charge in [-0.3, -0.25) is 18.7 Å². The van der Waals surface area contributed by atoms with E-state index in [9.17, 15) is 9.59 Å². The molecule has 27 heavy (non-hydrogen) atoms. The van der Waals surface area contributed by atoms with Crippen molar-refractivity contribution in [1.29, 1.82) is 0 Å². The Morgan fingerprint density at radius 3 is 2.30 bits per heavy atom. The van der Waals surface area contributed by atoms with E-state index in [4.69, 9.17) is 22.6 Å². The Morgan fingerprint density at radius 1 is 1.11 bits per heavy atom. The van der Waals surface area contributed by atoms with Gasteiger partial charge in [-0.1, -0.05) is 42.1 Å². The molecule has 1 unspecified atom stereocenters. The van der Waals surface area contributed by atoms with Gasteiger partial charge in [0.15, 0.2) is 5.78 Å². The second-order valence-electron chi connectivity index (χ2n) is 5.57. The Morgan fingerprint density at radius 2 is 1.70 bits per heavy atom. The molecule has 0 aliphatic carbocycles. The van der Waals surface area contributed by atoms with Crippen LogP contribution in [-0.4, -0.2) is 63.9 Å². The number of carboxylic acids is 1. The standard InChI is InChI=1S/C17H14O3S.Na.H2O4S.H/c1-10(17(19)20)11-6-7-15-12(8-11)9-14(18)13-4-2-3-5-16(13)21-15;;1-5(2,3)4;/h2-8,10H,9H2,1H3,(H,19,20);;(H2,1,2,3,4);. The predicted octanol–water partition coefficient (Wildman–Crippen LogP) is 2.46. The summed E-state index contributed by atoms with van der Waals surface area (Å²) in [6.45, 7) is 1.66. The Bertz CT molecular complexity index is 950. The van der Waals surface area contributed by atoms with Crippen LogP contribution in [0.3, 0.4) is 0 Å². The molecule has 0 radical (unpaired) electrons. The predicted molar refractivity (Wildman–Crippen MR) is 102 cm³/mol. The number of carbonyl (C=O) groups is 2. The number of benzene rings is 2. The maximum atomic E-state index is 12.4. The molecule has 3 rings (SSSR count). The van der Waals surface area contributed by atoms with E-state index in [2.05, 4.69) is 0 Å². The van der Waals surface area contributed by atoms with Gasteiger partial charge in [-0.15, -0.1) is 0 Å². The van der Waals surface area contributed by atoms with E-state index in [1.54, 1.807) is 18.7 Å². The SMILES string of the molecule is CC(C(=O)O)c1ccc2c(c1)CC(=O)c1ccccc1S2.O=S(=O)(O)O.[NaH]. The molecular formula is C17H17NaO7S2. The number of rotatable bonds is 2. The van der Waals surface area contributed by atoms with Crippen molar-refractivity contribution in [3.63, 3.8) is 0 Å². The third-order valence-corrected chi connectivity index (χ3v) is 4.91. The first-order valence-electron chi connectivity index (χ1n) is 7.42. The van der Waals surface area contributed by atoms with E-state index < -0.39 is 22.3 Å². The first kappa shape index (κ1) is 23.8. The molecule has 0 aromatic heterocycles. The van der Waals surface area contributed by atoms with Crippen LogP contribution in [0, 0.1) is 0 Å². The molecule has 1 aliphatic heterocycles. The molecule has 140 valence electrons. The number of carboxylic acid groups (broad SMARTS) is 1. The van der Waals surface area contributed by atoms with Crippen molar-refractivity contribution in [2.45, 2.75) is 29.1 Å². The normalized spacial score (nSPS) is 13.7. The third kappa shape index (κ3) is 7.04.